The average Bonchev–Trinajstić information content (AvgIpc) is 2.85. The number of anilines is 1. The standard InChI is InChI=1S/C26H24FN3O3S/c1-33-22-13-7-18(8-14-22)15-16-30-24(31)17-23(25(32)28-21-11-9-19(27)10-12-21)34-26(30)29-20-5-3-2-4-6-20/h2-14,23H,15-17H2,1H3,(H,28,32). The highest BCUT2D eigenvalue weighted by atomic mass is 32.2. The molecule has 0 aliphatic carbocycles. The van der Waals surface area contributed by atoms with Crippen LogP contribution in [0.1, 0.15) is 12.0 Å². The summed E-state index contributed by atoms with van der Waals surface area (Å²) in [4.78, 5) is 32.3. The number of methoxy groups -OCH3 is 1. The van der Waals surface area contributed by atoms with E-state index >= 15 is 0 Å². The van der Waals surface area contributed by atoms with Gasteiger partial charge in [-0.2, -0.15) is 0 Å². The minimum Gasteiger partial charge on any atom is -0.497 e. The second kappa shape index (κ2) is 11.0. The number of nitrogens with zero attached hydrogens (tertiary/aromatic N) is 2. The highest BCUT2D eigenvalue weighted by Crippen LogP contribution is 2.30. The zero-order valence-electron chi connectivity index (χ0n) is 18.6. The van der Waals surface area contributed by atoms with E-state index in [2.05, 4.69) is 10.3 Å². The minimum absolute atomic E-state index is 0.0497. The third-order valence-corrected chi connectivity index (χ3v) is 6.50. The number of ether oxygens (including phenoxy) is 1. The predicted molar refractivity (Wildman–Crippen MR) is 133 cm³/mol. The van der Waals surface area contributed by atoms with Gasteiger partial charge in [0.2, 0.25) is 11.8 Å². The Morgan fingerprint density at radius 3 is 2.47 bits per heavy atom. The number of hydrogen-bond acceptors (Lipinski definition) is 5. The first-order chi connectivity index (χ1) is 16.5. The molecule has 1 aliphatic rings. The van der Waals surface area contributed by atoms with Crippen molar-refractivity contribution in [3.05, 3.63) is 90.2 Å². The summed E-state index contributed by atoms with van der Waals surface area (Å²) in [5.41, 5.74) is 2.24. The van der Waals surface area contributed by atoms with E-state index in [9.17, 15) is 14.0 Å². The Labute approximate surface area is 201 Å². The number of hydrogen-bond donors (Lipinski definition) is 1. The number of carbonyl (C=O) groups excluding carboxylic acids is 2. The fourth-order valence-corrected chi connectivity index (χ4v) is 4.59. The van der Waals surface area contributed by atoms with Crippen LogP contribution in [0.3, 0.4) is 0 Å². The topological polar surface area (TPSA) is 71.0 Å². The maximum Gasteiger partial charge on any atom is 0.238 e. The van der Waals surface area contributed by atoms with E-state index in [4.69, 9.17) is 4.74 Å². The van der Waals surface area contributed by atoms with Crippen molar-refractivity contribution in [2.45, 2.75) is 18.1 Å². The van der Waals surface area contributed by atoms with Crippen molar-refractivity contribution in [1.82, 2.24) is 4.90 Å². The number of carbonyl (C=O) groups is 2. The number of aliphatic imine (C=N–C) groups is 1. The van der Waals surface area contributed by atoms with Crippen LogP contribution in [0.15, 0.2) is 83.9 Å². The molecule has 1 heterocycles. The molecule has 34 heavy (non-hydrogen) atoms. The molecule has 4 rings (SSSR count). The van der Waals surface area contributed by atoms with Gasteiger partial charge < -0.3 is 10.1 Å². The van der Waals surface area contributed by atoms with Gasteiger partial charge in [-0.25, -0.2) is 9.38 Å². The van der Waals surface area contributed by atoms with Crippen molar-refractivity contribution in [2.75, 3.05) is 19.0 Å². The van der Waals surface area contributed by atoms with Crippen molar-refractivity contribution >= 4 is 40.1 Å². The fourth-order valence-electron chi connectivity index (χ4n) is 3.46. The second-order valence-corrected chi connectivity index (χ2v) is 8.85. The normalized spacial score (nSPS) is 17.0. The van der Waals surface area contributed by atoms with Crippen LogP contribution < -0.4 is 10.1 Å². The lowest BCUT2D eigenvalue weighted by molar-refractivity contribution is -0.129. The number of thioether (sulfide) groups is 1. The average molecular weight is 478 g/mol. The van der Waals surface area contributed by atoms with Crippen molar-refractivity contribution in [3.8, 4) is 5.75 Å². The van der Waals surface area contributed by atoms with Crippen LogP contribution >= 0.6 is 11.8 Å². The van der Waals surface area contributed by atoms with E-state index in [1.807, 2.05) is 54.6 Å². The van der Waals surface area contributed by atoms with Crippen LogP contribution in [0, 0.1) is 5.82 Å². The van der Waals surface area contributed by atoms with Crippen LogP contribution in [0.2, 0.25) is 0 Å². The summed E-state index contributed by atoms with van der Waals surface area (Å²) >= 11 is 1.26. The Bertz CT molecular complexity index is 1170. The van der Waals surface area contributed by atoms with Gasteiger partial charge in [-0.05, 0) is 60.5 Å². The van der Waals surface area contributed by atoms with E-state index in [1.165, 1.54) is 36.0 Å². The zero-order valence-corrected chi connectivity index (χ0v) is 19.4. The number of amides is 2. The van der Waals surface area contributed by atoms with Crippen molar-refractivity contribution < 1.29 is 18.7 Å². The van der Waals surface area contributed by atoms with Crippen molar-refractivity contribution in [3.63, 3.8) is 0 Å². The van der Waals surface area contributed by atoms with Gasteiger partial charge in [0.1, 0.15) is 16.8 Å². The van der Waals surface area contributed by atoms with Gasteiger partial charge >= 0.3 is 0 Å². The zero-order chi connectivity index (χ0) is 23.9. The van der Waals surface area contributed by atoms with E-state index in [1.54, 1.807) is 12.0 Å². The number of para-hydroxylation sites is 1. The molecule has 174 valence electrons. The summed E-state index contributed by atoms with van der Waals surface area (Å²) in [6.07, 6.45) is 0.685. The Morgan fingerprint density at radius 2 is 1.79 bits per heavy atom. The third-order valence-electron chi connectivity index (χ3n) is 5.31. The van der Waals surface area contributed by atoms with Crippen LogP contribution in [-0.2, 0) is 16.0 Å². The van der Waals surface area contributed by atoms with Crippen LogP contribution in [0.25, 0.3) is 0 Å². The third kappa shape index (κ3) is 6.02. The molecule has 1 N–H and O–H groups in total. The molecule has 0 saturated carbocycles. The Hall–Kier alpha value is -3.65. The van der Waals surface area contributed by atoms with Crippen molar-refractivity contribution in [2.24, 2.45) is 4.99 Å². The van der Waals surface area contributed by atoms with E-state index in [-0.39, 0.29) is 24.1 Å². The molecule has 1 unspecified atom stereocenters. The number of benzene rings is 3. The molecule has 0 aromatic heterocycles. The molecule has 0 spiro atoms. The van der Waals surface area contributed by atoms with Gasteiger partial charge in [0, 0.05) is 18.7 Å². The monoisotopic (exact) mass is 477 g/mol. The maximum atomic E-state index is 13.2. The molecule has 1 atom stereocenters. The van der Waals surface area contributed by atoms with Crippen molar-refractivity contribution in [1.29, 1.82) is 0 Å². The molecule has 6 nitrogen and oxygen atoms in total. The molecule has 2 amide bonds. The summed E-state index contributed by atoms with van der Waals surface area (Å²) < 4.78 is 18.4. The molecule has 3 aromatic rings. The van der Waals surface area contributed by atoms with Gasteiger partial charge in [-0.15, -0.1) is 0 Å². The van der Waals surface area contributed by atoms with E-state index in [0.29, 0.717) is 29.5 Å². The number of nitrogens with one attached hydrogen (secondary N) is 1. The fraction of sp³-hybridized carbons (Fsp3) is 0.192. The molecule has 8 heteroatoms. The maximum absolute atomic E-state index is 13.2. The second-order valence-electron chi connectivity index (χ2n) is 7.68. The quantitative estimate of drug-likeness (QED) is 0.518. The highest BCUT2D eigenvalue weighted by Gasteiger charge is 2.35. The summed E-state index contributed by atoms with van der Waals surface area (Å²) in [6.45, 7) is 0.441. The molecule has 0 bridgehead atoms. The molecule has 1 saturated heterocycles. The van der Waals surface area contributed by atoms with Gasteiger partial charge in [0.25, 0.3) is 0 Å². The first-order valence-electron chi connectivity index (χ1n) is 10.8. The molecule has 1 aliphatic heterocycles. The van der Waals surface area contributed by atoms with Crippen LogP contribution in [0.4, 0.5) is 15.8 Å². The number of halogens is 1. The van der Waals surface area contributed by atoms with Gasteiger partial charge in [-0.1, -0.05) is 42.1 Å². The summed E-state index contributed by atoms with van der Waals surface area (Å²) in [6, 6.07) is 22.6. The molecule has 3 aromatic carbocycles. The lowest BCUT2D eigenvalue weighted by atomic mass is 10.1. The Morgan fingerprint density at radius 1 is 1.09 bits per heavy atom. The largest absolute Gasteiger partial charge is 0.497 e. The number of rotatable bonds is 7. The highest BCUT2D eigenvalue weighted by molar-refractivity contribution is 8.15. The molecule has 0 radical (unpaired) electrons. The van der Waals surface area contributed by atoms with Gasteiger partial charge in [0.05, 0.1) is 12.8 Å². The summed E-state index contributed by atoms with van der Waals surface area (Å²) in [5.74, 6) is -0.0959. The lowest BCUT2D eigenvalue weighted by Crippen LogP contribution is -2.46. The first kappa shape index (κ1) is 23.5. The lowest BCUT2D eigenvalue weighted by Gasteiger charge is -2.32. The summed E-state index contributed by atoms with van der Waals surface area (Å²) in [7, 11) is 1.62. The van der Waals surface area contributed by atoms with E-state index < -0.39 is 5.25 Å². The van der Waals surface area contributed by atoms with Crippen LogP contribution in [0.5, 0.6) is 5.75 Å². The molecule has 1 fully saturated rings. The molecular weight excluding hydrogens is 453 g/mol. The minimum atomic E-state index is -0.641. The Balaban J connectivity index is 1.51. The molecular formula is C26H24FN3O3S. The SMILES string of the molecule is COc1ccc(CCN2C(=O)CC(C(=O)Nc3ccc(F)cc3)SC2=Nc2ccccc2)cc1. The summed E-state index contributed by atoms with van der Waals surface area (Å²) in [5, 5.41) is 2.60. The smallest absolute Gasteiger partial charge is 0.238 e. The predicted octanol–water partition coefficient (Wildman–Crippen LogP) is 5.04. The number of amidine groups is 1. The van der Waals surface area contributed by atoms with Crippen LogP contribution in [-0.4, -0.2) is 40.8 Å². The van der Waals surface area contributed by atoms with E-state index in [0.717, 1.165) is 11.3 Å². The Kier molecular flexibility index (Phi) is 7.59. The first-order valence-corrected chi connectivity index (χ1v) is 11.7. The van der Waals surface area contributed by atoms with Gasteiger partial charge in [0.15, 0.2) is 5.17 Å². The van der Waals surface area contributed by atoms with Gasteiger partial charge in [-0.3, -0.25) is 14.5 Å².